The van der Waals surface area contributed by atoms with Gasteiger partial charge < -0.3 is 28.6 Å². The molecule has 41 heavy (non-hydrogen) atoms. The maximum Gasteiger partial charge on any atom is 0.508 e. The van der Waals surface area contributed by atoms with Gasteiger partial charge in [0.15, 0.2) is 6.29 Å². The minimum atomic E-state index is -0.664. The first-order valence-corrected chi connectivity index (χ1v) is 16.2. The molecule has 0 heterocycles. The highest BCUT2D eigenvalue weighted by molar-refractivity contribution is 5.69. The Kier molecular flexibility index (Phi) is 28.2. The van der Waals surface area contributed by atoms with Crippen LogP contribution >= 0.6 is 0 Å². The highest BCUT2D eigenvalue weighted by atomic mass is 16.7. The fourth-order valence-electron chi connectivity index (χ4n) is 4.05. The van der Waals surface area contributed by atoms with Crippen molar-refractivity contribution in [2.24, 2.45) is 0 Å². The molecule has 0 radical (unpaired) electrons. The van der Waals surface area contributed by atoms with Crippen molar-refractivity contribution in [3.8, 4) is 0 Å². The second-order valence-electron chi connectivity index (χ2n) is 10.1. The highest BCUT2D eigenvalue weighted by Gasteiger charge is 2.17. The molecular formula is C33H61NO7. The van der Waals surface area contributed by atoms with Crippen LogP contribution in [0, 0.1) is 0 Å². The lowest BCUT2D eigenvalue weighted by Gasteiger charge is -2.19. The van der Waals surface area contributed by atoms with E-state index in [1.54, 1.807) is 0 Å². The van der Waals surface area contributed by atoms with Gasteiger partial charge in [0.05, 0.1) is 19.6 Å². The fraction of sp³-hybridized carbons (Fsp3) is 0.818. The van der Waals surface area contributed by atoms with E-state index >= 15 is 0 Å². The molecule has 0 saturated heterocycles. The Bertz CT molecular complexity index is 640. The van der Waals surface area contributed by atoms with Crippen molar-refractivity contribution < 1.29 is 33.3 Å². The Labute approximate surface area is 251 Å². The van der Waals surface area contributed by atoms with E-state index in [0.29, 0.717) is 39.1 Å². The molecule has 0 aliphatic heterocycles. The number of unbranched alkanes of at least 4 members (excludes halogenated alkanes) is 4. The molecule has 0 N–H and O–H groups in total. The van der Waals surface area contributed by atoms with Crippen molar-refractivity contribution in [2.45, 2.75) is 130 Å². The number of esters is 1. The van der Waals surface area contributed by atoms with Crippen molar-refractivity contribution >= 4 is 12.1 Å². The third kappa shape index (κ3) is 25.5. The molecule has 0 bridgehead atoms. The summed E-state index contributed by atoms with van der Waals surface area (Å²) in [5.41, 5.74) is 0. The Hall–Kier alpha value is -1.90. The molecule has 0 aromatic heterocycles. The molecule has 240 valence electrons. The van der Waals surface area contributed by atoms with Gasteiger partial charge in [-0.2, -0.15) is 0 Å². The van der Waals surface area contributed by atoms with Gasteiger partial charge in [0.1, 0.15) is 6.10 Å². The Morgan fingerprint density at radius 1 is 0.683 bits per heavy atom. The summed E-state index contributed by atoms with van der Waals surface area (Å²) in [5.74, 6) is -0.301. The summed E-state index contributed by atoms with van der Waals surface area (Å²) < 4.78 is 28.0. The lowest BCUT2D eigenvalue weighted by atomic mass is 10.2. The average Bonchev–Trinajstić information content (AvgIpc) is 2.98. The molecule has 8 nitrogen and oxygen atoms in total. The molecule has 0 aliphatic carbocycles. The lowest BCUT2D eigenvalue weighted by Crippen LogP contribution is -2.26. The van der Waals surface area contributed by atoms with E-state index < -0.39 is 12.4 Å². The molecule has 1 atom stereocenters. The van der Waals surface area contributed by atoms with Crippen molar-refractivity contribution in [1.29, 1.82) is 0 Å². The number of nitrogens with zero attached hydrogens (tertiary/aromatic N) is 1. The molecule has 0 aromatic carbocycles. The molecule has 0 amide bonds. The predicted octanol–water partition coefficient (Wildman–Crippen LogP) is 8.00. The number of carbonyl (C=O) groups excluding carboxylic acids is 2. The van der Waals surface area contributed by atoms with Crippen LogP contribution in [-0.2, 0) is 28.5 Å². The maximum atomic E-state index is 12.4. The van der Waals surface area contributed by atoms with Crippen LogP contribution in [0.15, 0.2) is 24.3 Å². The maximum absolute atomic E-state index is 12.4. The van der Waals surface area contributed by atoms with E-state index in [0.717, 1.165) is 77.4 Å². The molecule has 0 aliphatic rings. The van der Waals surface area contributed by atoms with Crippen molar-refractivity contribution in [3.05, 3.63) is 24.3 Å². The number of carbonyl (C=O) groups is 2. The summed E-state index contributed by atoms with van der Waals surface area (Å²) in [6.45, 7) is 15.0. The fourth-order valence-corrected chi connectivity index (χ4v) is 4.05. The number of ether oxygens (including phenoxy) is 5. The molecule has 0 spiro atoms. The van der Waals surface area contributed by atoms with E-state index in [-0.39, 0.29) is 25.1 Å². The summed E-state index contributed by atoms with van der Waals surface area (Å²) in [6, 6.07) is 0. The van der Waals surface area contributed by atoms with Crippen LogP contribution in [0.2, 0.25) is 0 Å². The largest absolute Gasteiger partial charge is 0.508 e. The molecule has 0 rings (SSSR count). The SMILES string of the molecule is CC/C=C\CCCCOC(CCC(=O)OCCC(CC)OC(=O)OCCCN(CC)CC)OCCCC/C=C\CC. The van der Waals surface area contributed by atoms with E-state index in [1.807, 2.05) is 6.92 Å². The summed E-state index contributed by atoms with van der Waals surface area (Å²) in [7, 11) is 0. The van der Waals surface area contributed by atoms with E-state index in [9.17, 15) is 9.59 Å². The van der Waals surface area contributed by atoms with Gasteiger partial charge in [0, 0.05) is 32.6 Å². The van der Waals surface area contributed by atoms with Crippen molar-refractivity contribution in [3.63, 3.8) is 0 Å². The first-order valence-electron chi connectivity index (χ1n) is 16.2. The van der Waals surface area contributed by atoms with E-state index in [1.165, 1.54) is 0 Å². The van der Waals surface area contributed by atoms with Gasteiger partial charge in [-0.3, -0.25) is 4.79 Å². The monoisotopic (exact) mass is 583 g/mol. The zero-order chi connectivity index (χ0) is 30.4. The number of allylic oxidation sites excluding steroid dienone is 4. The normalized spacial score (nSPS) is 12.6. The van der Waals surface area contributed by atoms with Gasteiger partial charge in [0.2, 0.25) is 0 Å². The van der Waals surface area contributed by atoms with Gasteiger partial charge in [-0.25, -0.2) is 4.79 Å². The Balaban J connectivity index is 4.33. The van der Waals surface area contributed by atoms with E-state index in [2.05, 4.69) is 56.9 Å². The van der Waals surface area contributed by atoms with E-state index in [4.69, 9.17) is 23.7 Å². The van der Waals surface area contributed by atoms with Crippen LogP contribution in [0.1, 0.15) is 118 Å². The highest BCUT2D eigenvalue weighted by Crippen LogP contribution is 2.11. The van der Waals surface area contributed by atoms with Gasteiger partial charge in [-0.1, -0.05) is 58.9 Å². The molecular weight excluding hydrogens is 522 g/mol. The summed E-state index contributed by atoms with van der Waals surface area (Å²) in [4.78, 5) is 26.7. The van der Waals surface area contributed by atoms with Crippen molar-refractivity contribution in [2.75, 3.05) is 46.1 Å². The molecule has 0 aromatic rings. The lowest BCUT2D eigenvalue weighted by molar-refractivity contribution is -0.159. The molecule has 1 unspecified atom stereocenters. The third-order valence-corrected chi connectivity index (χ3v) is 6.68. The van der Waals surface area contributed by atoms with Crippen LogP contribution in [0.4, 0.5) is 4.79 Å². The molecule has 0 saturated carbocycles. The summed E-state index contributed by atoms with van der Waals surface area (Å²) in [6.07, 6.45) is 18.1. The number of rotatable bonds is 28. The topological polar surface area (TPSA) is 83.5 Å². The standard InChI is InChI=1S/C33H61NO7/c1-6-11-13-15-17-19-26-38-32(39-27-20-18-16-14-12-7-2)23-22-31(35)37-29-24-30(8-3)41-33(36)40-28-21-25-34(9-4)10-5/h11-14,30,32H,6-10,15-29H2,1-5H3/b13-11-,14-12-. The zero-order valence-electron chi connectivity index (χ0n) is 26.9. The first kappa shape index (κ1) is 39.1. The first-order chi connectivity index (χ1) is 20.0. The number of hydrogen-bond donors (Lipinski definition) is 0. The van der Waals surface area contributed by atoms with Crippen LogP contribution in [0.5, 0.6) is 0 Å². The Morgan fingerprint density at radius 3 is 1.83 bits per heavy atom. The molecule has 8 heteroatoms. The smallest absolute Gasteiger partial charge is 0.466 e. The summed E-state index contributed by atoms with van der Waals surface area (Å²) in [5, 5.41) is 0. The Morgan fingerprint density at radius 2 is 1.29 bits per heavy atom. The zero-order valence-corrected chi connectivity index (χ0v) is 26.9. The van der Waals surface area contributed by atoms with Gasteiger partial charge in [0.25, 0.3) is 0 Å². The van der Waals surface area contributed by atoms with Crippen molar-refractivity contribution in [1.82, 2.24) is 4.90 Å². The minimum Gasteiger partial charge on any atom is -0.466 e. The minimum absolute atomic E-state index is 0.190. The average molecular weight is 584 g/mol. The van der Waals surface area contributed by atoms with Crippen LogP contribution in [0.3, 0.4) is 0 Å². The van der Waals surface area contributed by atoms with Gasteiger partial charge in [-0.15, -0.1) is 0 Å². The third-order valence-electron chi connectivity index (χ3n) is 6.68. The predicted molar refractivity (Wildman–Crippen MR) is 166 cm³/mol. The van der Waals surface area contributed by atoms with Crippen LogP contribution < -0.4 is 0 Å². The number of hydrogen-bond acceptors (Lipinski definition) is 8. The quantitative estimate of drug-likeness (QED) is 0.0396. The van der Waals surface area contributed by atoms with Crippen LogP contribution in [-0.4, -0.2) is 75.5 Å². The van der Waals surface area contributed by atoms with Gasteiger partial charge >= 0.3 is 12.1 Å². The summed E-state index contributed by atoms with van der Waals surface area (Å²) >= 11 is 0. The van der Waals surface area contributed by atoms with Gasteiger partial charge in [-0.05, 0) is 77.3 Å². The second-order valence-corrected chi connectivity index (χ2v) is 10.1. The molecule has 0 fully saturated rings. The van der Waals surface area contributed by atoms with Crippen LogP contribution in [0.25, 0.3) is 0 Å². The second kappa shape index (κ2) is 29.6.